The molecule has 0 radical (unpaired) electrons. The van der Waals surface area contributed by atoms with Crippen molar-refractivity contribution in [1.29, 1.82) is 0 Å². The lowest BCUT2D eigenvalue weighted by molar-refractivity contribution is 0.142. The first-order valence-corrected chi connectivity index (χ1v) is 9.63. The third kappa shape index (κ3) is 9.99. The molecule has 1 saturated heterocycles. The molecule has 7 heteroatoms. The van der Waals surface area contributed by atoms with Crippen molar-refractivity contribution < 1.29 is 9.47 Å². The molecule has 1 rings (SSSR count). The number of guanidine groups is 1. The van der Waals surface area contributed by atoms with Crippen LogP contribution in [0.1, 0.15) is 26.2 Å². The van der Waals surface area contributed by atoms with Crippen molar-refractivity contribution in [2.75, 3.05) is 80.3 Å². The van der Waals surface area contributed by atoms with Crippen molar-refractivity contribution in [3.63, 3.8) is 0 Å². The van der Waals surface area contributed by atoms with E-state index in [0.29, 0.717) is 6.04 Å². The molecule has 0 bridgehead atoms. The molecule has 1 unspecified atom stereocenters. The van der Waals surface area contributed by atoms with Crippen molar-refractivity contribution in [2.24, 2.45) is 4.99 Å². The van der Waals surface area contributed by atoms with Gasteiger partial charge in [-0.1, -0.05) is 0 Å². The molecule has 1 aliphatic heterocycles. The Kier molecular flexibility index (Phi) is 12.7. The average Bonchev–Trinajstić information content (AvgIpc) is 3.05. The second kappa shape index (κ2) is 14.3. The van der Waals surface area contributed by atoms with Gasteiger partial charge in [-0.15, -0.1) is 0 Å². The van der Waals surface area contributed by atoms with Crippen LogP contribution in [0.5, 0.6) is 0 Å². The fourth-order valence-corrected chi connectivity index (χ4v) is 3.10. The highest BCUT2D eigenvalue weighted by Gasteiger charge is 2.23. The number of ether oxygens (including phenoxy) is 2. The molecule has 1 fully saturated rings. The quantitative estimate of drug-likeness (QED) is 0.286. The van der Waals surface area contributed by atoms with Crippen molar-refractivity contribution in [1.82, 2.24) is 20.4 Å². The van der Waals surface area contributed by atoms with E-state index in [1.807, 2.05) is 0 Å². The molecular formula is C18H39N5O2. The first kappa shape index (κ1) is 22.2. The standard InChI is InChI=1S/C18H39N5O2/c1-5-19-18(20-9-12-22(2)10-7-14-24-3)21-16-17-8-6-11-23(17)13-15-25-4/h17H,5-16H2,1-4H3,(H2,19,20,21). The Bertz CT molecular complexity index is 354. The predicted octanol–water partition coefficient (Wildman–Crippen LogP) is 0.621. The minimum absolute atomic E-state index is 0.544. The van der Waals surface area contributed by atoms with E-state index in [1.165, 1.54) is 19.4 Å². The van der Waals surface area contributed by atoms with E-state index in [9.17, 15) is 0 Å². The van der Waals surface area contributed by atoms with Gasteiger partial charge in [0.05, 0.1) is 13.2 Å². The van der Waals surface area contributed by atoms with Gasteiger partial charge < -0.3 is 25.0 Å². The number of hydrogen-bond acceptors (Lipinski definition) is 5. The maximum Gasteiger partial charge on any atom is 0.191 e. The van der Waals surface area contributed by atoms with Crippen LogP contribution in [-0.4, -0.2) is 102 Å². The largest absolute Gasteiger partial charge is 0.385 e. The van der Waals surface area contributed by atoms with Gasteiger partial charge in [-0.25, -0.2) is 0 Å². The second-order valence-corrected chi connectivity index (χ2v) is 6.62. The number of aliphatic imine (C=N–C) groups is 1. The van der Waals surface area contributed by atoms with E-state index in [-0.39, 0.29) is 0 Å². The van der Waals surface area contributed by atoms with Gasteiger partial charge in [-0.05, 0) is 39.8 Å². The lowest BCUT2D eigenvalue weighted by Crippen LogP contribution is -2.42. The van der Waals surface area contributed by atoms with Crippen LogP contribution in [0.2, 0.25) is 0 Å². The molecule has 0 aromatic rings. The summed E-state index contributed by atoms with van der Waals surface area (Å²) in [4.78, 5) is 9.62. The minimum Gasteiger partial charge on any atom is -0.385 e. The molecule has 1 atom stereocenters. The Morgan fingerprint density at radius 2 is 2.00 bits per heavy atom. The number of rotatable bonds is 13. The summed E-state index contributed by atoms with van der Waals surface area (Å²) in [7, 11) is 5.66. The van der Waals surface area contributed by atoms with Crippen LogP contribution in [0.3, 0.4) is 0 Å². The van der Waals surface area contributed by atoms with Gasteiger partial charge in [0.1, 0.15) is 0 Å². The van der Waals surface area contributed by atoms with Gasteiger partial charge in [0.15, 0.2) is 5.96 Å². The Morgan fingerprint density at radius 3 is 2.72 bits per heavy atom. The van der Waals surface area contributed by atoms with Crippen LogP contribution in [0.4, 0.5) is 0 Å². The molecular weight excluding hydrogens is 318 g/mol. The van der Waals surface area contributed by atoms with Crippen LogP contribution in [0, 0.1) is 0 Å². The van der Waals surface area contributed by atoms with Crippen LogP contribution in [-0.2, 0) is 9.47 Å². The van der Waals surface area contributed by atoms with E-state index in [0.717, 1.165) is 64.9 Å². The Balaban J connectivity index is 2.32. The Labute approximate surface area is 154 Å². The Hall–Kier alpha value is -0.890. The molecule has 1 aliphatic rings. The Morgan fingerprint density at radius 1 is 1.20 bits per heavy atom. The molecule has 0 aromatic heterocycles. The summed E-state index contributed by atoms with van der Waals surface area (Å²) >= 11 is 0. The lowest BCUT2D eigenvalue weighted by atomic mass is 10.2. The van der Waals surface area contributed by atoms with E-state index in [4.69, 9.17) is 14.5 Å². The van der Waals surface area contributed by atoms with Crippen LogP contribution in [0.25, 0.3) is 0 Å². The van der Waals surface area contributed by atoms with Gasteiger partial charge in [0.25, 0.3) is 0 Å². The topological polar surface area (TPSA) is 61.4 Å². The highest BCUT2D eigenvalue weighted by molar-refractivity contribution is 5.79. The fourth-order valence-electron chi connectivity index (χ4n) is 3.10. The molecule has 7 nitrogen and oxygen atoms in total. The second-order valence-electron chi connectivity index (χ2n) is 6.62. The van der Waals surface area contributed by atoms with E-state index in [1.54, 1.807) is 14.2 Å². The summed E-state index contributed by atoms with van der Waals surface area (Å²) in [6.07, 6.45) is 3.56. The smallest absolute Gasteiger partial charge is 0.191 e. The molecule has 25 heavy (non-hydrogen) atoms. The van der Waals surface area contributed by atoms with Crippen molar-refractivity contribution in [3.05, 3.63) is 0 Å². The summed E-state index contributed by atoms with van der Waals surface area (Å²) in [5.41, 5.74) is 0. The van der Waals surface area contributed by atoms with Gasteiger partial charge in [-0.2, -0.15) is 0 Å². The molecule has 1 heterocycles. The van der Waals surface area contributed by atoms with E-state index in [2.05, 4.69) is 34.4 Å². The molecule has 0 spiro atoms. The first-order valence-electron chi connectivity index (χ1n) is 9.63. The number of likely N-dealkylation sites (tertiary alicyclic amines) is 1. The number of methoxy groups -OCH3 is 2. The zero-order valence-electron chi connectivity index (χ0n) is 16.7. The molecule has 0 amide bonds. The normalized spacial score (nSPS) is 18.9. The number of likely N-dealkylation sites (N-methyl/N-ethyl adjacent to an activating group) is 1. The minimum atomic E-state index is 0.544. The van der Waals surface area contributed by atoms with Gasteiger partial charge >= 0.3 is 0 Å². The maximum absolute atomic E-state index is 5.21. The van der Waals surface area contributed by atoms with Crippen molar-refractivity contribution in [2.45, 2.75) is 32.2 Å². The van der Waals surface area contributed by atoms with Crippen LogP contribution < -0.4 is 10.6 Å². The number of hydrogen-bond donors (Lipinski definition) is 2. The first-order chi connectivity index (χ1) is 12.2. The third-order valence-corrected chi connectivity index (χ3v) is 4.56. The lowest BCUT2D eigenvalue weighted by Gasteiger charge is -2.23. The summed E-state index contributed by atoms with van der Waals surface area (Å²) in [5, 5.41) is 6.79. The van der Waals surface area contributed by atoms with Crippen molar-refractivity contribution >= 4 is 5.96 Å². The average molecular weight is 358 g/mol. The molecule has 2 N–H and O–H groups in total. The summed E-state index contributed by atoms with van der Waals surface area (Å²) in [6, 6.07) is 0.544. The highest BCUT2D eigenvalue weighted by atomic mass is 16.5. The highest BCUT2D eigenvalue weighted by Crippen LogP contribution is 2.16. The van der Waals surface area contributed by atoms with Crippen LogP contribution >= 0.6 is 0 Å². The fraction of sp³-hybridized carbons (Fsp3) is 0.944. The summed E-state index contributed by atoms with van der Waals surface area (Å²) in [6.45, 7) is 10.6. The van der Waals surface area contributed by atoms with E-state index < -0.39 is 0 Å². The molecule has 0 saturated carbocycles. The predicted molar refractivity (Wildman–Crippen MR) is 104 cm³/mol. The van der Waals surface area contributed by atoms with E-state index >= 15 is 0 Å². The monoisotopic (exact) mass is 357 g/mol. The maximum atomic E-state index is 5.21. The summed E-state index contributed by atoms with van der Waals surface area (Å²) in [5.74, 6) is 0.923. The molecule has 0 aromatic carbocycles. The van der Waals surface area contributed by atoms with Crippen LogP contribution in [0.15, 0.2) is 4.99 Å². The zero-order chi connectivity index (χ0) is 18.3. The zero-order valence-corrected chi connectivity index (χ0v) is 16.7. The van der Waals surface area contributed by atoms with Gasteiger partial charge in [0, 0.05) is 59.6 Å². The molecule has 0 aliphatic carbocycles. The summed E-state index contributed by atoms with van der Waals surface area (Å²) < 4.78 is 10.3. The SMILES string of the molecule is CCNC(=NCC1CCCN1CCOC)NCCN(C)CCCOC. The third-order valence-electron chi connectivity index (χ3n) is 4.56. The van der Waals surface area contributed by atoms with Gasteiger partial charge in [-0.3, -0.25) is 9.89 Å². The van der Waals surface area contributed by atoms with Gasteiger partial charge in [0.2, 0.25) is 0 Å². The number of nitrogens with one attached hydrogen (secondary N) is 2. The van der Waals surface area contributed by atoms with Crippen molar-refractivity contribution in [3.8, 4) is 0 Å². The number of nitrogens with zero attached hydrogens (tertiary/aromatic N) is 3. The molecule has 148 valence electrons.